The van der Waals surface area contributed by atoms with Gasteiger partial charge in [-0.2, -0.15) is 8.42 Å². The maximum absolute atomic E-state index is 12.4. The Hall–Kier alpha value is -2.17. The lowest BCUT2D eigenvalue weighted by Gasteiger charge is -2.10. The van der Waals surface area contributed by atoms with Crippen LogP contribution in [-0.2, 0) is 14.3 Å². The minimum absolute atomic E-state index is 0.00764. The molecule has 0 saturated carbocycles. The summed E-state index contributed by atoms with van der Waals surface area (Å²) in [5.74, 6) is 0. The first-order chi connectivity index (χ1) is 10.5. The van der Waals surface area contributed by atoms with E-state index >= 15 is 0 Å². The summed E-state index contributed by atoms with van der Waals surface area (Å²) in [7, 11) is -3.81. The molecule has 0 bridgehead atoms. The predicted molar refractivity (Wildman–Crippen MR) is 89.4 cm³/mol. The zero-order valence-corrected chi connectivity index (χ0v) is 13.1. The van der Waals surface area contributed by atoms with Gasteiger partial charge in [0, 0.05) is 5.39 Å². The largest absolute Gasteiger partial charge is 0.297 e. The Kier molecular flexibility index (Phi) is 3.72. The highest BCUT2D eigenvalue weighted by atomic mass is 32.2. The summed E-state index contributed by atoms with van der Waals surface area (Å²) in [6.45, 7) is 5.39. The molecule has 0 aromatic heterocycles. The SMILES string of the molecule is C=C(C)COS(=O)(=O)c1cccc2cc3ccccc3cc12. The van der Waals surface area contributed by atoms with Crippen molar-refractivity contribution in [2.45, 2.75) is 11.8 Å². The molecule has 0 atom stereocenters. The van der Waals surface area contributed by atoms with Gasteiger partial charge in [-0.25, -0.2) is 0 Å². The van der Waals surface area contributed by atoms with Crippen molar-refractivity contribution in [2.24, 2.45) is 0 Å². The van der Waals surface area contributed by atoms with Crippen LogP contribution in [0.3, 0.4) is 0 Å². The smallest absolute Gasteiger partial charge is 0.262 e. The minimum atomic E-state index is -3.81. The predicted octanol–water partition coefficient (Wildman–Crippen LogP) is 4.27. The fourth-order valence-corrected chi connectivity index (χ4v) is 3.57. The lowest BCUT2D eigenvalue weighted by Crippen LogP contribution is -2.08. The summed E-state index contributed by atoms with van der Waals surface area (Å²) in [5, 5.41) is 3.62. The first-order valence-electron chi connectivity index (χ1n) is 6.93. The van der Waals surface area contributed by atoms with Crippen LogP contribution in [0.4, 0.5) is 0 Å². The topological polar surface area (TPSA) is 43.4 Å². The molecule has 0 amide bonds. The van der Waals surface area contributed by atoms with Gasteiger partial charge in [-0.3, -0.25) is 4.18 Å². The fourth-order valence-electron chi connectivity index (χ4n) is 2.40. The Labute approximate surface area is 130 Å². The Bertz CT molecular complexity index is 972. The van der Waals surface area contributed by atoms with Crippen LogP contribution in [0.25, 0.3) is 21.5 Å². The zero-order chi connectivity index (χ0) is 15.7. The van der Waals surface area contributed by atoms with Crippen LogP contribution in [0.1, 0.15) is 6.92 Å². The van der Waals surface area contributed by atoms with Gasteiger partial charge in [0.1, 0.15) is 4.90 Å². The molecule has 0 heterocycles. The van der Waals surface area contributed by atoms with Gasteiger partial charge in [0.15, 0.2) is 0 Å². The molecule has 3 aromatic carbocycles. The molecule has 0 spiro atoms. The molecule has 0 N–H and O–H groups in total. The van der Waals surface area contributed by atoms with Gasteiger partial charge < -0.3 is 0 Å². The first-order valence-corrected chi connectivity index (χ1v) is 8.33. The van der Waals surface area contributed by atoms with Gasteiger partial charge in [0.2, 0.25) is 0 Å². The van der Waals surface area contributed by atoms with Crippen molar-refractivity contribution in [3.05, 3.63) is 66.7 Å². The van der Waals surface area contributed by atoms with Crippen molar-refractivity contribution in [3.8, 4) is 0 Å². The maximum atomic E-state index is 12.4. The third-order valence-corrected chi connectivity index (χ3v) is 4.76. The average molecular weight is 312 g/mol. The molecule has 0 aliphatic carbocycles. The van der Waals surface area contributed by atoms with Gasteiger partial charge in [-0.1, -0.05) is 48.6 Å². The lowest BCUT2D eigenvalue weighted by atomic mass is 10.0. The van der Waals surface area contributed by atoms with Crippen LogP contribution in [0.5, 0.6) is 0 Å². The van der Waals surface area contributed by atoms with Gasteiger partial charge >= 0.3 is 0 Å². The Morgan fingerprint density at radius 2 is 1.64 bits per heavy atom. The number of rotatable bonds is 4. The van der Waals surface area contributed by atoms with Crippen molar-refractivity contribution < 1.29 is 12.6 Å². The second-order valence-corrected chi connectivity index (χ2v) is 6.93. The van der Waals surface area contributed by atoms with Gasteiger partial charge in [0.25, 0.3) is 10.1 Å². The fraction of sp³-hybridized carbons (Fsp3) is 0.111. The molecule has 0 aliphatic rings. The molecule has 0 radical (unpaired) electrons. The van der Waals surface area contributed by atoms with Crippen LogP contribution < -0.4 is 0 Å². The third kappa shape index (κ3) is 2.75. The summed E-state index contributed by atoms with van der Waals surface area (Å²) < 4.78 is 29.9. The molecule has 0 fully saturated rings. The Morgan fingerprint density at radius 1 is 1.00 bits per heavy atom. The van der Waals surface area contributed by atoms with Gasteiger partial charge in [-0.15, -0.1) is 0 Å². The average Bonchev–Trinajstić information content (AvgIpc) is 2.50. The summed E-state index contributed by atoms with van der Waals surface area (Å²) >= 11 is 0. The van der Waals surface area contributed by atoms with Crippen LogP contribution in [0.2, 0.25) is 0 Å². The molecule has 0 saturated heterocycles. The van der Waals surface area contributed by atoms with Crippen molar-refractivity contribution in [2.75, 3.05) is 6.61 Å². The highest BCUT2D eigenvalue weighted by Gasteiger charge is 2.18. The van der Waals surface area contributed by atoms with Gasteiger partial charge in [0.05, 0.1) is 6.61 Å². The number of fused-ring (bicyclic) bond motifs is 2. The van der Waals surface area contributed by atoms with Crippen molar-refractivity contribution in [3.63, 3.8) is 0 Å². The Balaban J connectivity index is 2.21. The summed E-state index contributed by atoms with van der Waals surface area (Å²) in [6.07, 6.45) is 0. The number of hydrogen-bond acceptors (Lipinski definition) is 3. The molecule has 4 heteroatoms. The van der Waals surface area contributed by atoms with E-state index in [1.54, 1.807) is 19.1 Å². The van der Waals surface area contributed by atoms with E-state index in [9.17, 15) is 8.42 Å². The minimum Gasteiger partial charge on any atom is -0.262 e. The van der Waals surface area contributed by atoms with Crippen LogP contribution in [-0.4, -0.2) is 15.0 Å². The van der Waals surface area contributed by atoms with Crippen LogP contribution in [0, 0.1) is 0 Å². The van der Waals surface area contributed by atoms with Crippen LogP contribution in [0.15, 0.2) is 71.6 Å². The Morgan fingerprint density at radius 3 is 2.32 bits per heavy atom. The van der Waals surface area contributed by atoms with E-state index < -0.39 is 10.1 Å². The van der Waals surface area contributed by atoms with Crippen molar-refractivity contribution >= 4 is 31.7 Å². The molecule has 3 aromatic rings. The normalized spacial score (nSPS) is 11.9. The van der Waals surface area contributed by atoms with E-state index in [4.69, 9.17) is 4.18 Å². The maximum Gasteiger partial charge on any atom is 0.297 e. The summed E-state index contributed by atoms with van der Waals surface area (Å²) in [5.41, 5.74) is 0.661. The molecule has 0 unspecified atom stereocenters. The summed E-state index contributed by atoms with van der Waals surface area (Å²) in [6, 6.07) is 17.0. The second kappa shape index (κ2) is 5.55. The van der Waals surface area contributed by atoms with Crippen molar-refractivity contribution in [1.82, 2.24) is 0 Å². The zero-order valence-electron chi connectivity index (χ0n) is 12.2. The molecular formula is C18H16O3S. The van der Waals surface area contributed by atoms with E-state index in [1.165, 1.54) is 0 Å². The lowest BCUT2D eigenvalue weighted by molar-refractivity contribution is 0.349. The first kappa shape index (κ1) is 14.8. The van der Waals surface area contributed by atoms with Crippen molar-refractivity contribution in [1.29, 1.82) is 0 Å². The number of benzene rings is 3. The quantitative estimate of drug-likeness (QED) is 0.410. The standard InChI is InChI=1S/C18H16O3S/c1-13(2)12-21-22(19,20)18-9-5-8-16-10-14-6-3-4-7-15(14)11-17(16)18/h3-11H,1,12H2,2H3. The molecule has 22 heavy (non-hydrogen) atoms. The van der Waals surface area contributed by atoms with E-state index in [1.807, 2.05) is 42.5 Å². The summed E-state index contributed by atoms with van der Waals surface area (Å²) in [4.78, 5) is 0.192. The van der Waals surface area contributed by atoms with E-state index in [0.29, 0.717) is 11.0 Å². The monoisotopic (exact) mass is 312 g/mol. The van der Waals surface area contributed by atoms with Gasteiger partial charge in [-0.05, 0) is 41.3 Å². The molecule has 3 nitrogen and oxygen atoms in total. The highest BCUT2D eigenvalue weighted by Crippen LogP contribution is 2.29. The molecule has 0 aliphatic heterocycles. The molecular weight excluding hydrogens is 296 g/mol. The van der Waals surface area contributed by atoms with E-state index in [0.717, 1.165) is 16.2 Å². The van der Waals surface area contributed by atoms with E-state index in [-0.39, 0.29) is 11.5 Å². The third-order valence-electron chi connectivity index (χ3n) is 3.44. The van der Waals surface area contributed by atoms with E-state index in [2.05, 4.69) is 6.58 Å². The molecule has 112 valence electrons. The van der Waals surface area contributed by atoms with Crippen LogP contribution >= 0.6 is 0 Å². The highest BCUT2D eigenvalue weighted by molar-refractivity contribution is 7.87. The number of hydrogen-bond donors (Lipinski definition) is 0. The molecule has 3 rings (SSSR count). The second-order valence-electron chi connectivity index (χ2n) is 5.35.